The Labute approximate surface area is 192 Å². The van der Waals surface area contributed by atoms with Crippen molar-refractivity contribution in [3.05, 3.63) is 0 Å². The minimum absolute atomic E-state index is 0.557. The molecule has 0 aliphatic carbocycles. The fourth-order valence-corrected chi connectivity index (χ4v) is 4.27. The van der Waals surface area contributed by atoms with Crippen LogP contribution in [0.15, 0.2) is 0 Å². The number of hydrogen-bond donors (Lipinski definition) is 12. The fraction of sp³-hybridized carbons (Fsp3) is 1.00. The number of ether oxygens (including phenoxy) is 4. The van der Waals surface area contributed by atoms with E-state index < -0.39 is 111 Å². The molecule has 16 heteroatoms. The van der Waals surface area contributed by atoms with Gasteiger partial charge in [0, 0.05) is 0 Å². The third-order valence-electron chi connectivity index (χ3n) is 6.39. The zero-order valence-electron chi connectivity index (χ0n) is 17.7. The van der Waals surface area contributed by atoms with Crippen molar-refractivity contribution in [1.29, 1.82) is 0 Å². The smallest absolute Gasteiger partial charge is 0.229 e. The molecule has 0 spiro atoms. The Hall–Kier alpha value is -0.640. The van der Waals surface area contributed by atoms with Gasteiger partial charge in [0.05, 0.1) is 19.8 Å². The minimum Gasteiger partial charge on any atom is -0.394 e. The molecule has 16 nitrogen and oxygen atoms in total. The van der Waals surface area contributed by atoms with Gasteiger partial charge in [-0.15, -0.1) is 0 Å². The maximum Gasteiger partial charge on any atom is 0.229 e. The van der Waals surface area contributed by atoms with Gasteiger partial charge < -0.3 is 80.2 Å². The second-order valence-electron chi connectivity index (χ2n) is 8.59. The van der Waals surface area contributed by atoms with E-state index in [9.17, 15) is 61.3 Å². The van der Waals surface area contributed by atoms with Crippen LogP contribution in [0, 0.1) is 0 Å². The van der Waals surface area contributed by atoms with Crippen molar-refractivity contribution < 1.29 is 80.2 Å². The van der Waals surface area contributed by atoms with E-state index in [0.29, 0.717) is 0 Å². The van der Waals surface area contributed by atoms with Crippen molar-refractivity contribution in [2.75, 3.05) is 19.8 Å². The van der Waals surface area contributed by atoms with Crippen LogP contribution in [0.25, 0.3) is 0 Å². The molecular weight excluding hydrogens is 472 g/mol. The van der Waals surface area contributed by atoms with Crippen LogP contribution in [-0.2, 0) is 18.9 Å². The van der Waals surface area contributed by atoms with E-state index in [0.717, 1.165) is 0 Å². The van der Waals surface area contributed by atoms with Crippen molar-refractivity contribution in [2.24, 2.45) is 0 Å². The Bertz CT molecular complexity index is 668. The molecule has 0 aromatic rings. The summed E-state index contributed by atoms with van der Waals surface area (Å²) in [5.74, 6) is -2.90. The van der Waals surface area contributed by atoms with Crippen LogP contribution < -0.4 is 0 Å². The van der Waals surface area contributed by atoms with Gasteiger partial charge in [0.25, 0.3) is 0 Å². The summed E-state index contributed by atoms with van der Waals surface area (Å²) in [6.45, 7) is -2.32. The molecule has 0 saturated carbocycles. The Morgan fingerprint density at radius 3 is 1.94 bits per heavy atom. The lowest BCUT2D eigenvalue weighted by Crippen LogP contribution is -2.68. The molecule has 2 unspecified atom stereocenters. The van der Waals surface area contributed by atoms with Crippen molar-refractivity contribution >= 4 is 0 Å². The van der Waals surface area contributed by atoms with Gasteiger partial charge in [0.1, 0.15) is 79.4 Å². The molecule has 0 aromatic heterocycles. The monoisotopic (exact) mass is 504 g/mol. The van der Waals surface area contributed by atoms with Crippen LogP contribution in [0.5, 0.6) is 0 Å². The van der Waals surface area contributed by atoms with Crippen molar-refractivity contribution in [1.82, 2.24) is 0 Å². The van der Waals surface area contributed by atoms with Crippen LogP contribution >= 0.6 is 0 Å². The molecule has 12 N–H and O–H groups in total. The van der Waals surface area contributed by atoms with Gasteiger partial charge in [0.15, 0.2) is 6.29 Å². The third-order valence-corrected chi connectivity index (χ3v) is 6.39. The Morgan fingerprint density at radius 2 is 1.38 bits per heavy atom. The van der Waals surface area contributed by atoms with Gasteiger partial charge in [-0.25, -0.2) is 0 Å². The highest BCUT2D eigenvalue weighted by molar-refractivity contribution is 5.06. The van der Waals surface area contributed by atoms with E-state index in [1.54, 1.807) is 0 Å². The summed E-state index contributed by atoms with van der Waals surface area (Å²) in [5.41, 5.74) is 0. The summed E-state index contributed by atoms with van der Waals surface area (Å²) in [6, 6.07) is 0. The molecule has 0 aromatic carbocycles. The lowest BCUT2D eigenvalue weighted by Gasteiger charge is -2.47. The first-order valence-corrected chi connectivity index (χ1v) is 10.6. The van der Waals surface area contributed by atoms with Crippen molar-refractivity contribution in [2.45, 2.75) is 91.4 Å². The van der Waals surface area contributed by atoms with Crippen molar-refractivity contribution in [3.63, 3.8) is 0 Å². The highest BCUT2D eigenvalue weighted by Crippen LogP contribution is 2.40. The maximum absolute atomic E-state index is 11.0. The van der Waals surface area contributed by atoms with Gasteiger partial charge in [-0.2, -0.15) is 0 Å². The van der Waals surface area contributed by atoms with Gasteiger partial charge in [-0.3, -0.25) is 0 Å². The Morgan fingerprint density at radius 1 is 0.765 bits per heavy atom. The Balaban J connectivity index is 1.92. The average Bonchev–Trinajstić information content (AvgIpc) is 3.07. The minimum atomic E-state index is -2.90. The summed E-state index contributed by atoms with van der Waals surface area (Å²) in [4.78, 5) is 0. The molecule has 3 fully saturated rings. The lowest BCUT2D eigenvalue weighted by molar-refractivity contribution is -0.404. The molecular formula is C18H32O16. The van der Waals surface area contributed by atoms with Gasteiger partial charge in [-0.05, 0) is 0 Å². The highest BCUT2D eigenvalue weighted by atomic mass is 16.8. The molecule has 0 radical (unpaired) electrons. The average molecular weight is 504 g/mol. The molecule has 3 heterocycles. The molecule has 34 heavy (non-hydrogen) atoms. The molecule has 3 aliphatic rings. The summed E-state index contributed by atoms with van der Waals surface area (Å²) in [6.07, 6.45) is -26.7. The van der Waals surface area contributed by atoms with Crippen LogP contribution in [0.3, 0.4) is 0 Å². The largest absolute Gasteiger partial charge is 0.394 e. The van der Waals surface area contributed by atoms with E-state index in [4.69, 9.17) is 18.9 Å². The van der Waals surface area contributed by atoms with Crippen molar-refractivity contribution in [3.8, 4) is 0 Å². The van der Waals surface area contributed by atoms with Crippen LogP contribution in [0.1, 0.15) is 0 Å². The van der Waals surface area contributed by atoms with E-state index in [1.165, 1.54) is 0 Å². The number of rotatable bonds is 7. The predicted molar refractivity (Wildman–Crippen MR) is 101 cm³/mol. The molecule has 15 atom stereocenters. The summed E-state index contributed by atoms with van der Waals surface area (Å²) < 4.78 is 21.0. The second-order valence-corrected chi connectivity index (χ2v) is 8.59. The highest BCUT2D eigenvalue weighted by Gasteiger charge is 2.64. The summed E-state index contributed by atoms with van der Waals surface area (Å²) >= 11 is 0. The van der Waals surface area contributed by atoms with E-state index in [1.807, 2.05) is 0 Å². The first-order valence-electron chi connectivity index (χ1n) is 10.6. The van der Waals surface area contributed by atoms with E-state index >= 15 is 0 Å². The first-order chi connectivity index (χ1) is 15.9. The van der Waals surface area contributed by atoms with Gasteiger partial charge in [-0.1, -0.05) is 0 Å². The van der Waals surface area contributed by atoms with Crippen LogP contribution in [0.2, 0.25) is 0 Å². The quantitative estimate of drug-likeness (QED) is 0.153. The first kappa shape index (κ1) is 27.9. The normalized spacial score (nSPS) is 51.9. The second kappa shape index (κ2) is 10.8. The number of aliphatic hydroxyl groups excluding tert-OH is 12. The van der Waals surface area contributed by atoms with Crippen LogP contribution in [-0.4, -0.2) is 173 Å². The molecule has 3 saturated heterocycles. The van der Waals surface area contributed by atoms with E-state index in [2.05, 4.69) is 0 Å². The third kappa shape index (κ3) is 4.71. The SMILES string of the molecule is OC[C@H]1O[C@H](O[C@@]2(C(O)C(O)[C@H]3OC[C@H](O)[C@@H](O)[C@@H]3O)O[C@H](CO)[C@@H](O)[C@@H]2O)[C@H](O)[C@@H](O)[C@H]1O. The maximum atomic E-state index is 11.0. The molecule has 0 bridgehead atoms. The summed E-state index contributed by atoms with van der Waals surface area (Å²) in [5, 5.41) is 121. The fourth-order valence-electron chi connectivity index (χ4n) is 4.27. The van der Waals surface area contributed by atoms with E-state index in [-0.39, 0.29) is 0 Å². The number of aliphatic hydroxyl groups is 12. The molecule has 200 valence electrons. The molecule has 0 amide bonds. The standard InChI is InChI=1S/C18H32O16/c19-1-5-8(23)10(25)12(27)17(32-5)34-18(15(29)9(24)6(2-20)33-18)16(30)13(28)14-11(26)7(22)4(21)3-31-14/h4-17,19-30H,1-3H2/t4-,5+,6+,7+,8-,9+,10-,11-,12+,13?,14-,15-,16?,17+,18-/m0/s1. The molecule has 3 rings (SSSR count). The number of hydrogen-bond acceptors (Lipinski definition) is 16. The molecule has 3 aliphatic heterocycles. The topological polar surface area (TPSA) is 280 Å². The predicted octanol–water partition coefficient (Wildman–Crippen LogP) is -8.18. The van der Waals surface area contributed by atoms with Crippen LogP contribution in [0.4, 0.5) is 0 Å². The zero-order valence-corrected chi connectivity index (χ0v) is 17.7. The van der Waals surface area contributed by atoms with Gasteiger partial charge in [0.2, 0.25) is 5.79 Å². The zero-order chi connectivity index (χ0) is 25.5. The Kier molecular flexibility index (Phi) is 8.85. The van der Waals surface area contributed by atoms with Gasteiger partial charge >= 0.3 is 0 Å². The summed E-state index contributed by atoms with van der Waals surface area (Å²) in [7, 11) is 0. The lowest BCUT2D eigenvalue weighted by atomic mass is 9.88.